The van der Waals surface area contributed by atoms with Crippen molar-refractivity contribution in [3.63, 3.8) is 0 Å². The average molecular weight is 289 g/mol. The lowest BCUT2D eigenvalue weighted by atomic mass is 10.2. The number of oxime groups is 1. The van der Waals surface area contributed by atoms with Gasteiger partial charge in [0, 0.05) is 12.7 Å². The Morgan fingerprint density at radius 2 is 2.05 bits per heavy atom. The number of amidine groups is 1. The summed E-state index contributed by atoms with van der Waals surface area (Å²) in [5.41, 5.74) is 5.97. The van der Waals surface area contributed by atoms with E-state index in [0.29, 0.717) is 42.8 Å². The van der Waals surface area contributed by atoms with E-state index < -0.39 is 0 Å². The van der Waals surface area contributed by atoms with E-state index in [0.717, 1.165) is 0 Å². The lowest BCUT2D eigenvalue weighted by molar-refractivity contribution is 0.0544. The van der Waals surface area contributed by atoms with Crippen LogP contribution in [-0.2, 0) is 9.47 Å². The Morgan fingerprint density at radius 1 is 1.32 bits per heavy atom. The Kier molecular flexibility index (Phi) is 7.02. The van der Waals surface area contributed by atoms with Gasteiger partial charge in [-0.15, -0.1) is 0 Å². The van der Waals surface area contributed by atoms with Crippen LogP contribution in [0.1, 0.15) is 5.56 Å². The molecule has 0 saturated carbocycles. The summed E-state index contributed by atoms with van der Waals surface area (Å²) in [6.07, 6.45) is 0. The molecule has 0 bridgehead atoms. The lowest BCUT2D eigenvalue weighted by Crippen LogP contribution is -2.13. The Balaban J connectivity index is 2.43. The average Bonchev–Trinajstić information content (AvgIpc) is 2.43. The van der Waals surface area contributed by atoms with Crippen molar-refractivity contribution in [2.45, 2.75) is 0 Å². The SMILES string of the molecule is COCCOCCOc1ccc(C(N)=NO)cc1Cl. The maximum atomic E-state index is 8.55. The van der Waals surface area contributed by atoms with E-state index in [1.54, 1.807) is 25.3 Å². The zero-order valence-electron chi connectivity index (χ0n) is 10.6. The summed E-state index contributed by atoms with van der Waals surface area (Å²) < 4.78 is 15.5. The van der Waals surface area contributed by atoms with Crippen LogP contribution in [0.15, 0.2) is 23.4 Å². The van der Waals surface area contributed by atoms with E-state index in [1.165, 1.54) is 0 Å². The van der Waals surface area contributed by atoms with Crippen LogP contribution in [0.3, 0.4) is 0 Å². The first-order valence-corrected chi connectivity index (χ1v) is 6.03. The maximum absolute atomic E-state index is 8.55. The van der Waals surface area contributed by atoms with Crippen molar-refractivity contribution >= 4 is 17.4 Å². The van der Waals surface area contributed by atoms with Gasteiger partial charge in [-0.25, -0.2) is 0 Å². The number of halogens is 1. The third-order valence-corrected chi connectivity index (χ3v) is 2.55. The number of rotatable bonds is 8. The van der Waals surface area contributed by atoms with E-state index >= 15 is 0 Å². The molecule has 1 aromatic carbocycles. The molecule has 0 aliphatic heterocycles. The van der Waals surface area contributed by atoms with Gasteiger partial charge >= 0.3 is 0 Å². The summed E-state index contributed by atoms with van der Waals surface area (Å²) in [5, 5.41) is 11.8. The van der Waals surface area contributed by atoms with Crippen LogP contribution < -0.4 is 10.5 Å². The van der Waals surface area contributed by atoms with Gasteiger partial charge in [-0.1, -0.05) is 16.8 Å². The fourth-order valence-corrected chi connectivity index (χ4v) is 1.52. The molecule has 1 aromatic rings. The second-order valence-corrected chi connectivity index (χ2v) is 3.99. The molecule has 0 spiro atoms. The zero-order chi connectivity index (χ0) is 14.1. The monoisotopic (exact) mass is 288 g/mol. The second kappa shape index (κ2) is 8.58. The van der Waals surface area contributed by atoms with Crippen LogP contribution in [0.4, 0.5) is 0 Å². The third-order valence-electron chi connectivity index (χ3n) is 2.25. The largest absolute Gasteiger partial charge is 0.490 e. The van der Waals surface area contributed by atoms with E-state index in [1.807, 2.05) is 0 Å². The number of ether oxygens (including phenoxy) is 3. The molecule has 0 heterocycles. The highest BCUT2D eigenvalue weighted by Gasteiger charge is 2.06. The van der Waals surface area contributed by atoms with Crippen molar-refractivity contribution in [1.29, 1.82) is 0 Å². The van der Waals surface area contributed by atoms with Crippen LogP contribution in [0.2, 0.25) is 5.02 Å². The Morgan fingerprint density at radius 3 is 2.68 bits per heavy atom. The molecule has 0 fully saturated rings. The number of benzene rings is 1. The highest BCUT2D eigenvalue weighted by molar-refractivity contribution is 6.32. The summed E-state index contributed by atoms with van der Waals surface area (Å²) >= 11 is 6.01. The number of hydrogen-bond donors (Lipinski definition) is 2. The van der Waals surface area contributed by atoms with Gasteiger partial charge in [0.15, 0.2) is 5.84 Å². The minimum absolute atomic E-state index is 0.00338. The molecule has 6 nitrogen and oxygen atoms in total. The molecule has 0 radical (unpaired) electrons. The molecular formula is C12H17ClN2O4. The Labute approximate surface area is 116 Å². The van der Waals surface area contributed by atoms with Crippen LogP contribution in [0, 0.1) is 0 Å². The van der Waals surface area contributed by atoms with Crippen LogP contribution in [0.5, 0.6) is 5.75 Å². The predicted octanol–water partition coefficient (Wildman–Crippen LogP) is 1.48. The first-order chi connectivity index (χ1) is 9.19. The molecule has 0 unspecified atom stereocenters. The first kappa shape index (κ1) is 15.6. The predicted molar refractivity (Wildman–Crippen MR) is 72.2 cm³/mol. The van der Waals surface area contributed by atoms with Crippen LogP contribution in [0.25, 0.3) is 0 Å². The Hall–Kier alpha value is -1.50. The van der Waals surface area contributed by atoms with Crippen molar-refractivity contribution in [2.75, 3.05) is 33.5 Å². The van der Waals surface area contributed by atoms with Crippen molar-refractivity contribution in [3.05, 3.63) is 28.8 Å². The lowest BCUT2D eigenvalue weighted by Gasteiger charge is -2.09. The molecule has 1 rings (SSSR count). The molecule has 3 N–H and O–H groups in total. The van der Waals surface area contributed by atoms with Crippen molar-refractivity contribution in [3.8, 4) is 5.75 Å². The van der Waals surface area contributed by atoms with Gasteiger partial charge in [0.1, 0.15) is 12.4 Å². The number of nitrogens with two attached hydrogens (primary N) is 1. The van der Waals surface area contributed by atoms with Gasteiger partial charge in [0.2, 0.25) is 0 Å². The molecule has 0 aliphatic carbocycles. The molecule has 0 saturated heterocycles. The second-order valence-electron chi connectivity index (χ2n) is 3.58. The number of hydrogen-bond acceptors (Lipinski definition) is 5. The molecule has 0 amide bonds. The summed E-state index contributed by atoms with van der Waals surface area (Å²) in [7, 11) is 1.61. The molecule has 7 heteroatoms. The van der Waals surface area contributed by atoms with Gasteiger partial charge in [-0.2, -0.15) is 0 Å². The smallest absolute Gasteiger partial charge is 0.170 e. The minimum Gasteiger partial charge on any atom is -0.490 e. The van der Waals surface area contributed by atoms with E-state index in [-0.39, 0.29) is 5.84 Å². The van der Waals surface area contributed by atoms with Gasteiger partial charge in [-0.05, 0) is 18.2 Å². The van der Waals surface area contributed by atoms with Gasteiger partial charge in [0.25, 0.3) is 0 Å². The summed E-state index contributed by atoms with van der Waals surface area (Å²) in [6, 6.07) is 4.88. The fraction of sp³-hybridized carbons (Fsp3) is 0.417. The maximum Gasteiger partial charge on any atom is 0.170 e. The summed E-state index contributed by atoms with van der Waals surface area (Å²) in [4.78, 5) is 0. The summed E-state index contributed by atoms with van der Waals surface area (Å²) in [6.45, 7) is 1.90. The van der Waals surface area contributed by atoms with Gasteiger partial charge in [0.05, 0.1) is 24.8 Å². The number of nitrogens with zero attached hydrogens (tertiary/aromatic N) is 1. The quantitative estimate of drug-likeness (QED) is 0.249. The topological polar surface area (TPSA) is 86.3 Å². The van der Waals surface area contributed by atoms with Crippen molar-refractivity contribution in [1.82, 2.24) is 0 Å². The standard InChI is InChI=1S/C12H17ClN2O4/c1-17-4-5-18-6-7-19-11-3-2-9(8-10(11)13)12(14)15-16/h2-3,8,16H,4-7H2,1H3,(H2,14,15). The first-order valence-electron chi connectivity index (χ1n) is 5.66. The van der Waals surface area contributed by atoms with Crippen molar-refractivity contribution < 1.29 is 19.4 Å². The zero-order valence-corrected chi connectivity index (χ0v) is 11.4. The van der Waals surface area contributed by atoms with E-state index in [9.17, 15) is 0 Å². The normalized spacial score (nSPS) is 11.6. The molecule has 106 valence electrons. The van der Waals surface area contributed by atoms with E-state index in [4.69, 9.17) is 36.8 Å². The molecular weight excluding hydrogens is 272 g/mol. The van der Waals surface area contributed by atoms with E-state index in [2.05, 4.69) is 5.16 Å². The molecule has 0 aliphatic rings. The molecule has 0 aromatic heterocycles. The van der Waals surface area contributed by atoms with Crippen molar-refractivity contribution in [2.24, 2.45) is 10.9 Å². The summed E-state index contributed by atoms with van der Waals surface area (Å²) in [5.74, 6) is 0.517. The Bertz CT molecular complexity index is 426. The highest BCUT2D eigenvalue weighted by Crippen LogP contribution is 2.25. The third kappa shape index (κ3) is 5.34. The fourth-order valence-electron chi connectivity index (χ4n) is 1.29. The number of methoxy groups -OCH3 is 1. The van der Waals surface area contributed by atoms with Gasteiger partial charge < -0.3 is 25.2 Å². The van der Waals surface area contributed by atoms with Gasteiger partial charge in [-0.3, -0.25) is 0 Å². The van der Waals surface area contributed by atoms with Crippen LogP contribution in [-0.4, -0.2) is 44.6 Å². The molecule has 19 heavy (non-hydrogen) atoms. The highest BCUT2D eigenvalue weighted by atomic mass is 35.5. The van der Waals surface area contributed by atoms with Crippen LogP contribution >= 0.6 is 11.6 Å². The minimum atomic E-state index is -0.00338. The molecule has 0 atom stereocenters.